The highest BCUT2D eigenvalue weighted by Gasteiger charge is 2.46. The Morgan fingerprint density at radius 2 is 1.89 bits per heavy atom. The van der Waals surface area contributed by atoms with E-state index in [9.17, 15) is 0 Å². The van der Waals surface area contributed by atoms with Gasteiger partial charge in [0.05, 0.1) is 13.2 Å². The van der Waals surface area contributed by atoms with Gasteiger partial charge in [-0.3, -0.25) is 0 Å². The van der Waals surface area contributed by atoms with Crippen LogP contribution in [-0.2, 0) is 0 Å². The minimum Gasteiger partial charge on any atom is -0.489 e. The van der Waals surface area contributed by atoms with E-state index in [1.165, 1.54) is 36.8 Å². The van der Waals surface area contributed by atoms with Crippen LogP contribution in [0.5, 0.6) is 11.5 Å². The number of benzene rings is 1. The molecule has 102 valence electrons. The highest BCUT2D eigenvalue weighted by Crippen LogP contribution is 2.49. The molecule has 0 bridgehead atoms. The summed E-state index contributed by atoms with van der Waals surface area (Å²) in [7, 11) is 0. The van der Waals surface area contributed by atoms with Crippen LogP contribution in [-0.4, -0.2) is 19.8 Å². The molecule has 0 amide bonds. The Labute approximate surface area is 114 Å². The van der Waals surface area contributed by atoms with Gasteiger partial charge >= 0.3 is 0 Å². The summed E-state index contributed by atoms with van der Waals surface area (Å²) in [5, 5.41) is 3.57. The number of hydrogen-bond donors (Lipinski definition) is 1. The first-order valence-electron chi connectivity index (χ1n) is 7.39. The normalized spacial score (nSPS) is 27.3. The van der Waals surface area contributed by atoms with E-state index in [4.69, 9.17) is 9.47 Å². The van der Waals surface area contributed by atoms with E-state index >= 15 is 0 Å². The van der Waals surface area contributed by atoms with E-state index in [-0.39, 0.29) is 0 Å². The summed E-state index contributed by atoms with van der Waals surface area (Å²) in [4.78, 5) is 0. The molecule has 1 spiro atoms. The average Bonchev–Trinajstić information content (AvgIpc) is 3.03. The van der Waals surface area contributed by atoms with Crippen LogP contribution in [0.15, 0.2) is 12.1 Å². The second-order valence-electron chi connectivity index (χ2n) is 6.38. The Morgan fingerprint density at radius 3 is 2.53 bits per heavy atom. The van der Waals surface area contributed by atoms with Crippen LogP contribution < -0.4 is 14.8 Å². The largest absolute Gasteiger partial charge is 0.489 e. The first-order chi connectivity index (χ1) is 9.26. The molecule has 1 saturated heterocycles. The fourth-order valence-corrected chi connectivity index (χ4v) is 3.20. The molecule has 2 heterocycles. The first-order valence-corrected chi connectivity index (χ1v) is 7.39. The van der Waals surface area contributed by atoms with Crippen molar-refractivity contribution in [1.29, 1.82) is 0 Å². The molecule has 3 aliphatic rings. The molecular weight excluding hydrogens is 238 g/mol. The zero-order valence-electron chi connectivity index (χ0n) is 11.5. The van der Waals surface area contributed by atoms with Crippen LogP contribution in [0, 0.1) is 12.3 Å². The van der Waals surface area contributed by atoms with E-state index in [0.717, 1.165) is 31.3 Å². The summed E-state index contributed by atoms with van der Waals surface area (Å²) in [5.74, 6) is 1.88. The van der Waals surface area contributed by atoms with Crippen LogP contribution >= 0.6 is 0 Å². The number of hydrogen-bond acceptors (Lipinski definition) is 3. The monoisotopic (exact) mass is 259 g/mol. The Morgan fingerprint density at radius 1 is 1.16 bits per heavy atom. The molecule has 1 N–H and O–H groups in total. The maximum Gasteiger partial charge on any atom is 0.161 e. The summed E-state index contributed by atoms with van der Waals surface area (Å²) < 4.78 is 12.0. The molecule has 1 unspecified atom stereocenters. The summed E-state index contributed by atoms with van der Waals surface area (Å²) in [6.07, 6.45) is 4.99. The van der Waals surface area contributed by atoms with Crippen LogP contribution in [0.1, 0.15) is 42.9 Å². The van der Waals surface area contributed by atoms with Crippen molar-refractivity contribution in [3.63, 3.8) is 0 Å². The topological polar surface area (TPSA) is 30.5 Å². The van der Waals surface area contributed by atoms with Crippen molar-refractivity contribution in [2.75, 3.05) is 19.8 Å². The van der Waals surface area contributed by atoms with E-state index in [1.807, 2.05) is 0 Å². The fraction of sp³-hybridized carbons (Fsp3) is 0.625. The van der Waals surface area contributed by atoms with Gasteiger partial charge in [0.1, 0.15) is 0 Å². The molecule has 1 atom stereocenters. The summed E-state index contributed by atoms with van der Waals surface area (Å²) in [6.45, 7) is 4.94. The van der Waals surface area contributed by atoms with E-state index in [0.29, 0.717) is 11.5 Å². The molecule has 4 rings (SSSR count). The third kappa shape index (κ3) is 2.00. The van der Waals surface area contributed by atoms with Gasteiger partial charge in [0.15, 0.2) is 11.5 Å². The SMILES string of the molecule is Cc1cc2c(cc1C1CCCN1)OCC1(CC1)CO2. The lowest BCUT2D eigenvalue weighted by Gasteiger charge is -2.17. The molecule has 2 aliphatic heterocycles. The summed E-state index contributed by atoms with van der Waals surface area (Å²) in [6, 6.07) is 4.85. The van der Waals surface area contributed by atoms with Crippen molar-refractivity contribution >= 4 is 0 Å². The number of fused-ring (bicyclic) bond motifs is 1. The maximum absolute atomic E-state index is 6.03. The third-order valence-corrected chi connectivity index (χ3v) is 4.79. The third-order valence-electron chi connectivity index (χ3n) is 4.79. The molecule has 1 aliphatic carbocycles. The second-order valence-corrected chi connectivity index (χ2v) is 6.38. The number of rotatable bonds is 1. The van der Waals surface area contributed by atoms with Crippen LogP contribution in [0.4, 0.5) is 0 Å². The van der Waals surface area contributed by atoms with Crippen molar-refractivity contribution in [2.45, 2.75) is 38.6 Å². The van der Waals surface area contributed by atoms with Gasteiger partial charge < -0.3 is 14.8 Å². The Bertz CT molecular complexity index is 502. The Hall–Kier alpha value is -1.22. The second kappa shape index (κ2) is 4.14. The number of ether oxygens (including phenoxy) is 2. The molecule has 1 saturated carbocycles. The number of nitrogens with one attached hydrogen (secondary N) is 1. The van der Waals surface area contributed by atoms with E-state index < -0.39 is 0 Å². The quantitative estimate of drug-likeness (QED) is 0.841. The van der Waals surface area contributed by atoms with Crippen LogP contribution in [0.3, 0.4) is 0 Å². The molecule has 3 nitrogen and oxygen atoms in total. The van der Waals surface area contributed by atoms with Crippen molar-refractivity contribution in [2.24, 2.45) is 5.41 Å². The summed E-state index contributed by atoms with van der Waals surface area (Å²) in [5.41, 5.74) is 3.01. The molecule has 3 heteroatoms. The van der Waals surface area contributed by atoms with Gasteiger partial charge in [-0.15, -0.1) is 0 Å². The fourth-order valence-electron chi connectivity index (χ4n) is 3.20. The first kappa shape index (κ1) is 11.6. The predicted molar refractivity (Wildman–Crippen MR) is 73.8 cm³/mol. The van der Waals surface area contributed by atoms with Gasteiger partial charge in [-0.25, -0.2) is 0 Å². The zero-order chi connectivity index (χ0) is 12.9. The van der Waals surface area contributed by atoms with Crippen LogP contribution in [0.25, 0.3) is 0 Å². The predicted octanol–water partition coefficient (Wildman–Crippen LogP) is 2.97. The Balaban J connectivity index is 1.67. The molecule has 1 aromatic rings. The lowest BCUT2D eigenvalue weighted by Crippen LogP contribution is -2.17. The lowest BCUT2D eigenvalue weighted by molar-refractivity contribution is 0.197. The molecule has 1 aromatic carbocycles. The summed E-state index contributed by atoms with van der Waals surface area (Å²) >= 11 is 0. The van der Waals surface area contributed by atoms with Gasteiger partial charge in [-0.1, -0.05) is 0 Å². The van der Waals surface area contributed by atoms with Crippen molar-refractivity contribution in [1.82, 2.24) is 5.32 Å². The Kier molecular flexibility index (Phi) is 2.52. The van der Waals surface area contributed by atoms with Crippen molar-refractivity contribution in [3.05, 3.63) is 23.3 Å². The number of aryl methyl sites for hydroxylation is 1. The van der Waals surface area contributed by atoms with Crippen molar-refractivity contribution in [3.8, 4) is 11.5 Å². The smallest absolute Gasteiger partial charge is 0.161 e. The van der Waals surface area contributed by atoms with Gasteiger partial charge in [0.25, 0.3) is 0 Å². The van der Waals surface area contributed by atoms with Gasteiger partial charge in [0.2, 0.25) is 0 Å². The minimum absolute atomic E-state index is 0.318. The van der Waals surface area contributed by atoms with Gasteiger partial charge in [0, 0.05) is 11.5 Å². The van der Waals surface area contributed by atoms with Crippen molar-refractivity contribution < 1.29 is 9.47 Å². The highest BCUT2D eigenvalue weighted by atomic mass is 16.5. The van der Waals surface area contributed by atoms with E-state index in [1.54, 1.807) is 0 Å². The molecule has 19 heavy (non-hydrogen) atoms. The maximum atomic E-state index is 6.03. The van der Waals surface area contributed by atoms with Gasteiger partial charge in [-0.2, -0.15) is 0 Å². The standard InChI is InChI=1S/C16H21NO2/c1-11-7-14-15(8-12(11)13-3-2-6-17-13)19-10-16(4-5-16)9-18-14/h7-8,13,17H,2-6,9-10H2,1H3. The molecule has 0 aromatic heterocycles. The molecule has 0 radical (unpaired) electrons. The molecular formula is C16H21NO2. The lowest BCUT2D eigenvalue weighted by atomic mass is 9.99. The van der Waals surface area contributed by atoms with Gasteiger partial charge in [-0.05, 0) is 62.4 Å². The zero-order valence-corrected chi connectivity index (χ0v) is 11.5. The van der Waals surface area contributed by atoms with Crippen LogP contribution in [0.2, 0.25) is 0 Å². The minimum atomic E-state index is 0.318. The highest BCUT2D eigenvalue weighted by molar-refractivity contribution is 5.49. The average molecular weight is 259 g/mol. The van der Waals surface area contributed by atoms with E-state index in [2.05, 4.69) is 24.4 Å². The molecule has 2 fully saturated rings.